The molecule has 0 aromatic heterocycles. The number of hydrogen-bond donors (Lipinski definition) is 0. The van der Waals surface area contributed by atoms with Gasteiger partial charge in [-0.05, 0) is 37.0 Å². The summed E-state index contributed by atoms with van der Waals surface area (Å²) in [5.74, 6) is 0.866. The Kier molecular flexibility index (Phi) is 4.19. The summed E-state index contributed by atoms with van der Waals surface area (Å²) < 4.78 is 16.4. The molecule has 1 saturated heterocycles. The standard InChI is InChI=1S/C13H18O3/c1-14-12-6-4-5-11(9-12)10-16-13-7-2-3-8-15-13/h4-6,9,13H,2-3,7-8,10H2,1H3. The van der Waals surface area contributed by atoms with Gasteiger partial charge in [0.15, 0.2) is 6.29 Å². The lowest BCUT2D eigenvalue weighted by Gasteiger charge is -2.22. The van der Waals surface area contributed by atoms with Gasteiger partial charge in [-0.2, -0.15) is 0 Å². The molecule has 88 valence electrons. The van der Waals surface area contributed by atoms with Crippen LogP contribution in [0.2, 0.25) is 0 Å². The molecule has 1 aliphatic rings. The Hall–Kier alpha value is -1.06. The Morgan fingerprint density at radius 3 is 3.06 bits per heavy atom. The molecular formula is C13H18O3. The second-order valence-corrected chi connectivity index (χ2v) is 3.96. The number of methoxy groups -OCH3 is 1. The molecule has 0 saturated carbocycles. The minimum atomic E-state index is -0.0278. The molecule has 0 aliphatic carbocycles. The number of ether oxygens (including phenoxy) is 3. The summed E-state index contributed by atoms with van der Waals surface area (Å²) in [6.07, 6.45) is 3.33. The third-order valence-corrected chi connectivity index (χ3v) is 2.71. The van der Waals surface area contributed by atoms with E-state index < -0.39 is 0 Å². The summed E-state index contributed by atoms with van der Waals surface area (Å²) in [7, 11) is 1.67. The molecule has 3 heteroatoms. The summed E-state index contributed by atoms with van der Waals surface area (Å²) in [6.45, 7) is 1.41. The average molecular weight is 222 g/mol. The van der Waals surface area contributed by atoms with Gasteiger partial charge in [0.05, 0.1) is 13.7 Å². The van der Waals surface area contributed by atoms with Crippen molar-refractivity contribution in [3.8, 4) is 5.75 Å². The molecule has 2 rings (SSSR count). The van der Waals surface area contributed by atoms with Crippen molar-refractivity contribution in [2.45, 2.75) is 32.2 Å². The zero-order chi connectivity index (χ0) is 11.2. The second-order valence-electron chi connectivity index (χ2n) is 3.96. The number of benzene rings is 1. The molecule has 1 unspecified atom stereocenters. The van der Waals surface area contributed by atoms with Crippen LogP contribution in [-0.4, -0.2) is 20.0 Å². The van der Waals surface area contributed by atoms with E-state index >= 15 is 0 Å². The highest BCUT2D eigenvalue weighted by Gasteiger charge is 2.13. The van der Waals surface area contributed by atoms with Crippen molar-refractivity contribution in [2.75, 3.05) is 13.7 Å². The molecular weight excluding hydrogens is 204 g/mol. The largest absolute Gasteiger partial charge is 0.497 e. The van der Waals surface area contributed by atoms with Gasteiger partial charge in [-0.3, -0.25) is 0 Å². The van der Waals surface area contributed by atoms with Crippen LogP contribution in [0, 0.1) is 0 Å². The Morgan fingerprint density at radius 1 is 1.38 bits per heavy atom. The molecule has 0 spiro atoms. The van der Waals surface area contributed by atoms with Crippen molar-refractivity contribution < 1.29 is 14.2 Å². The lowest BCUT2D eigenvalue weighted by Crippen LogP contribution is -2.21. The minimum absolute atomic E-state index is 0.0278. The van der Waals surface area contributed by atoms with E-state index in [4.69, 9.17) is 14.2 Å². The fourth-order valence-corrected chi connectivity index (χ4v) is 1.79. The van der Waals surface area contributed by atoms with E-state index in [2.05, 4.69) is 0 Å². The van der Waals surface area contributed by atoms with Crippen LogP contribution in [-0.2, 0) is 16.1 Å². The van der Waals surface area contributed by atoms with Crippen molar-refractivity contribution in [1.29, 1.82) is 0 Å². The van der Waals surface area contributed by atoms with Gasteiger partial charge in [0, 0.05) is 6.61 Å². The minimum Gasteiger partial charge on any atom is -0.497 e. The van der Waals surface area contributed by atoms with Gasteiger partial charge in [-0.15, -0.1) is 0 Å². The number of hydrogen-bond acceptors (Lipinski definition) is 3. The van der Waals surface area contributed by atoms with E-state index in [1.165, 1.54) is 6.42 Å². The molecule has 3 nitrogen and oxygen atoms in total. The summed E-state index contributed by atoms with van der Waals surface area (Å²) >= 11 is 0. The lowest BCUT2D eigenvalue weighted by atomic mass is 10.2. The van der Waals surface area contributed by atoms with Crippen LogP contribution >= 0.6 is 0 Å². The van der Waals surface area contributed by atoms with Gasteiger partial charge in [-0.1, -0.05) is 12.1 Å². The molecule has 1 aromatic rings. The van der Waals surface area contributed by atoms with Gasteiger partial charge in [0.1, 0.15) is 5.75 Å². The predicted molar refractivity (Wildman–Crippen MR) is 61.4 cm³/mol. The zero-order valence-electron chi connectivity index (χ0n) is 9.65. The summed E-state index contributed by atoms with van der Waals surface area (Å²) in [4.78, 5) is 0. The topological polar surface area (TPSA) is 27.7 Å². The number of rotatable bonds is 4. The predicted octanol–water partition coefficient (Wildman–Crippen LogP) is 2.74. The lowest BCUT2D eigenvalue weighted by molar-refractivity contribution is -0.168. The quantitative estimate of drug-likeness (QED) is 0.784. The van der Waals surface area contributed by atoms with Gasteiger partial charge < -0.3 is 14.2 Å². The van der Waals surface area contributed by atoms with E-state index in [9.17, 15) is 0 Å². The van der Waals surface area contributed by atoms with E-state index in [0.29, 0.717) is 6.61 Å². The summed E-state index contributed by atoms with van der Waals surface area (Å²) in [5.41, 5.74) is 1.12. The van der Waals surface area contributed by atoms with E-state index in [1.54, 1.807) is 7.11 Å². The maximum atomic E-state index is 5.69. The first-order chi connectivity index (χ1) is 7.88. The van der Waals surface area contributed by atoms with Crippen LogP contribution in [0.1, 0.15) is 24.8 Å². The monoisotopic (exact) mass is 222 g/mol. The summed E-state index contributed by atoms with van der Waals surface area (Å²) in [5, 5.41) is 0. The SMILES string of the molecule is COc1cccc(COC2CCCCO2)c1. The Bertz CT molecular complexity index is 319. The van der Waals surface area contributed by atoms with Gasteiger partial charge in [-0.25, -0.2) is 0 Å². The van der Waals surface area contributed by atoms with E-state index in [1.807, 2.05) is 24.3 Å². The van der Waals surface area contributed by atoms with Crippen LogP contribution < -0.4 is 4.74 Å². The molecule has 0 amide bonds. The smallest absolute Gasteiger partial charge is 0.158 e. The van der Waals surface area contributed by atoms with Gasteiger partial charge in [0.2, 0.25) is 0 Å². The highest BCUT2D eigenvalue weighted by atomic mass is 16.7. The highest BCUT2D eigenvalue weighted by Crippen LogP contribution is 2.17. The normalized spacial score (nSPS) is 20.7. The van der Waals surface area contributed by atoms with Crippen molar-refractivity contribution >= 4 is 0 Å². The fourth-order valence-electron chi connectivity index (χ4n) is 1.79. The first-order valence-electron chi connectivity index (χ1n) is 5.74. The van der Waals surface area contributed by atoms with Crippen LogP contribution in [0.5, 0.6) is 5.75 Å². The van der Waals surface area contributed by atoms with Crippen molar-refractivity contribution in [3.05, 3.63) is 29.8 Å². The molecule has 1 heterocycles. The Morgan fingerprint density at radius 2 is 2.31 bits per heavy atom. The van der Waals surface area contributed by atoms with Crippen LogP contribution in [0.4, 0.5) is 0 Å². The third-order valence-electron chi connectivity index (χ3n) is 2.71. The van der Waals surface area contributed by atoms with Crippen LogP contribution in [0.15, 0.2) is 24.3 Å². The molecule has 0 radical (unpaired) electrons. The van der Waals surface area contributed by atoms with Crippen molar-refractivity contribution in [3.63, 3.8) is 0 Å². The maximum Gasteiger partial charge on any atom is 0.158 e. The first kappa shape index (κ1) is 11.4. The molecule has 0 N–H and O–H groups in total. The molecule has 1 aliphatic heterocycles. The van der Waals surface area contributed by atoms with Crippen molar-refractivity contribution in [1.82, 2.24) is 0 Å². The molecule has 1 aromatic carbocycles. The van der Waals surface area contributed by atoms with Gasteiger partial charge >= 0.3 is 0 Å². The van der Waals surface area contributed by atoms with Crippen LogP contribution in [0.25, 0.3) is 0 Å². The Balaban J connectivity index is 1.83. The van der Waals surface area contributed by atoms with E-state index in [0.717, 1.165) is 30.8 Å². The maximum absolute atomic E-state index is 5.69. The van der Waals surface area contributed by atoms with Crippen molar-refractivity contribution in [2.24, 2.45) is 0 Å². The molecule has 1 fully saturated rings. The molecule has 16 heavy (non-hydrogen) atoms. The van der Waals surface area contributed by atoms with E-state index in [-0.39, 0.29) is 6.29 Å². The van der Waals surface area contributed by atoms with Gasteiger partial charge in [0.25, 0.3) is 0 Å². The average Bonchev–Trinajstić information content (AvgIpc) is 2.38. The fraction of sp³-hybridized carbons (Fsp3) is 0.538. The molecule has 1 atom stereocenters. The second kappa shape index (κ2) is 5.87. The summed E-state index contributed by atoms with van der Waals surface area (Å²) in [6, 6.07) is 7.92. The third kappa shape index (κ3) is 3.22. The highest BCUT2D eigenvalue weighted by molar-refractivity contribution is 5.27. The zero-order valence-corrected chi connectivity index (χ0v) is 9.65. The van der Waals surface area contributed by atoms with Crippen LogP contribution in [0.3, 0.4) is 0 Å². The molecule has 0 bridgehead atoms. The Labute approximate surface area is 96.3 Å². The first-order valence-corrected chi connectivity index (χ1v) is 5.74.